The van der Waals surface area contributed by atoms with Crippen molar-refractivity contribution in [1.29, 1.82) is 0 Å². The highest BCUT2D eigenvalue weighted by molar-refractivity contribution is 6.91. The number of rotatable bonds is 14. The maximum absolute atomic E-state index is 13.9. The van der Waals surface area contributed by atoms with Gasteiger partial charge in [-0.15, -0.1) is 0 Å². The molecule has 1 fully saturated rings. The Morgan fingerprint density at radius 3 is 2.20 bits per heavy atom. The van der Waals surface area contributed by atoms with Crippen molar-refractivity contribution in [1.82, 2.24) is 4.90 Å². The lowest BCUT2D eigenvalue weighted by Crippen LogP contribution is -2.51. The summed E-state index contributed by atoms with van der Waals surface area (Å²) in [5.74, 6) is 0.875. The van der Waals surface area contributed by atoms with Crippen LogP contribution in [-0.4, -0.2) is 62.4 Å². The molecule has 1 saturated heterocycles. The van der Waals surface area contributed by atoms with Gasteiger partial charge in [0.1, 0.15) is 5.75 Å². The third-order valence-electron chi connectivity index (χ3n) is 9.99. The fourth-order valence-corrected chi connectivity index (χ4v) is 11.3. The largest absolute Gasteiger partial charge is 0.497 e. The molecule has 5 rings (SSSR count). The summed E-state index contributed by atoms with van der Waals surface area (Å²) in [7, 11) is -0.479. The molecule has 0 unspecified atom stereocenters. The van der Waals surface area contributed by atoms with E-state index >= 15 is 0 Å². The fourth-order valence-electron chi connectivity index (χ4n) is 7.26. The van der Waals surface area contributed by atoms with Gasteiger partial charge in [-0.05, 0) is 84.0 Å². The van der Waals surface area contributed by atoms with Crippen LogP contribution in [0.3, 0.4) is 0 Å². The number of nitrogens with two attached hydrogens (primary N) is 1. The van der Waals surface area contributed by atoms with Gasteiger partial charge in [0.25, 0.3) is 5.91 Å². The highest BCUT2D eigenvalue weighted by Crippen LogP contribution is 2.46. The van der Waals surface area contributed by atoms with Gasteiger partial charge in [0.2, 0.25) is 5.91 Å². The number of benzene rings is 4. The summed E-state index contributed by atoms with van der Waals surface area (Å²) in [6.07, 6.45) is 1.64. The van der Waals surface area contributed by atoms with E-state index in [2.05, 4.69) is 37.5 Å². The second kappa shape index (κ2) is 16.3. The summed E-state index contributed by atoms with van der Waals surface area (Å²) >= 11 is 0. The summed E-state index contributed by atoms with van der Waals surface area (Å²) in [6, 6.07) is 33.1. The third-order valence-corrected chi connectivity index (χ3v) is 14.4. The van der Waals surface area contributed by atoms with Crippen LogP contribution >= 0.6 is 0 Å². The van der Waals surface area contributed by atoms with Crippen LogP contribution in [0.25, 0.3) is 0 Å². The van der Waals surface area contributed by atoms with E-state index in [0.29, 0.717) is 17.8 Å². The van der Waals surface area contributed by atoms with E-state index in [1.165, 1.54) is 5.19 Å². The quantitative estimate of drug-likeness (QED) is 0.107. The number of nitrogens with one attached hydrogen (secondary N) is 1. The van der Waals surface area contributed by atoms with Crippen molar-refractivity contribution in [3.8, 4) is 5.75 Å². The smallest absolute Gasteiger partial charge is 0.255 e. The van der Waals surface area contributed by atoms with Gasteiger partial charge in [0.05, 0.1) is 40.4 Å². The van der Waals surface area contributed by atoms with E-state index < -0.39 is 8.07 Å². The van der Waals surface area contributed by atoms with Crippen molar-refractivity contribution in [2.75, 3.05) is 31.3 Å². The molecule has 4 aromatic rings. The molecule has 0 aromatic heterocycles. The number of aliphatic hydroxyl groups is 1. The lowest BCUT2D eigenvalue weighted by atomic mass is 9.95. The first-order valence-corrected chi connectivity index (χ1v) is 20.1. The number of carbonyl (C=O) groups is 2. The molecule has 1 aliphatic heterocycles. The van der Waals surface area contributed by atoms with E-state index in [9.17, 15) is 14.7 Å². The number of aliphatic hydroxyl groups excluding tert-OH is 1. The van der Waals surface area contributed by atoms with Gasteiger partial charge in [-0.2, -0.15) is 0 Å². The van der Waals surface area contributed by atoms with Crippen molar-refractivity contribution in [3.63, 3.8) is 0 Å². The summed E-state index contributed by atoms with van der Waals surface area (Å²) < 4.78 is 12.3. The molecule has 49 heavy (non-hydrogen) atoms. The molecular weight excluding hydrogens is 631 g/mol. The topological polar surface area (TPSA) is 114 Å². The first-order chi connectivity index (χ1) is 23.6. The zero-order chi connectivity index (χ0) is 35.0. The number of methoxy groups -OCH3 is 1. The SMILES string of the molecule is COc1ccc([Si](C)(C)[C@H]2[C@H](C)[C@H](CCc3ccc(NC(=O)c4ccc(N)cc4)cc3)O[C@@H]2CC(=O)N(CCO)Cc2ccccc2)cc1. The molecule has 1 heterocycles. The number of hydrogen-bond donors (Lipinski definition) is 3. The lowest BCUT2D eigenvalue weighted by Gasteiger charge is -2.36. The van der Waals surface area contributed by atoms with Crippen molar-refractivity contribution in [3.05, 3.63) is 120 Å². The zero-order valence-corrected chi connectivity index (χ0v) is 30.0. The van der Waals surface area contributed by atoms with Crippen LogP contribution in [0.2, 0.25) is 18.6 Å². The molecule has 4 atom stereocenters. The molecule has 2 amide bonds. The van der Waals surface area contributed by atoms with Crippen LogP contribution in [0.1, 0.15) is 41.3 Å². The Hall–Kier alpha value is -4.44. The minimum Gasteiger partial charge on any atom is -0.497 e. The van der Waals surface area contributed by atoms with Gasteiger partial charge < -0.3 is 30.5 Å². The maximum Gasteiger partial charge on any atom is 0.255 e. The molecule has 0 bridgehead atoms. The van der Waals surface area contributed by atoms with Crippen LogP contribution < -0.4 is 21.0 Å². The van der Waals surface area contributed by atoms with E-state index in [4.69, 9.17) is 15.2 Å². The number of nitrogens with zero attached hydrogens (tertiary/aromatic N) is 1. The molecule has 0 saturated carbocycles. The number of hydrogen-bond acceptors (Lipinski definition) is 6. The number of anilines is 2. The van der Waals surface area contributed by atoms with Crippen molar-refractivity contribution >= 4 is 36.4 Å². The molecule has 4 N–H and O–H groups in total. The average Bonchev–Trinajstić information content (AvgIpc) is 3.43. The second-order valence-electron chi connectivity index (χ2n) is 13.6. The number of aryl methyl sites for hydroxylation is 1. The predicted octanol–water partition coefficient (Wildman–Crippen LogP) is 6.26. The highest BCUT2D eigenvalue weighted by atomic mass is 28.3. The van der Waals surface area contributed by atoms with Crippen LogP contribution in [0.5, 0.6) is 5.75 Å². The second-order valence-corrected chi connectivity index (χ2v) is 18.3. The molecule has 0 radical (unpaired) electrons. The first-order valence-electron chi connectivity index (χ1n) is 17.1. The third kappa shape index (κ3) is 8.97. The lowest BCUT2D eigenvalue weighted by molar-refractivity contribution is -0.135. The standard InChI is InChI=1S/C40H49N3O5Si/c1-28-36(23-12-29-10-17-33(18-11-29)42-40(46)31-13-15-32(41)16-14-31)48-37(39(28)49(3,4)35-21-19-34(47-2)20-22-35)26-38(45)43(24-25-44)27-30-8-6-5-7-9-30/h5-11,13-22,28,36-37,39,44H,12,23-27,41H2,1-4H3,(H,42,46)/t28-,36+,37-,39+/m1/s1. The zero-order valence-electron chi connectivity index (χ0n) is 29.0. The Labute approximate surface area is 291 Å². The Kier molecular flexibility index (Phi) is 11.9. The summed E-state index contributed by atoms with van der Waals surface area (Å²) in [4.78, 5) is 28.3. The highest BCUT2D eigenvalue weighted by Gasteiger charge is 2.51. The number of nitrogen functional groups attached to an aromatic ring is 1. The summed E-state index contributed by atoms with van der Waals surface area (Å²) in [5.41, 5.74) is 10.0. The van der Waals surface area contributed by atoms with Gasteiger partial charge in [-0.3, -0.25) is 9.59 Å². The molecule has 0 spiro atoms. The predicted molar refractivity (Wildman–Crippen MR) is 199 cm³/mol. The Balaban J connectivity index is 1.30. The molecule has 4 aromatic carbocycles. The van der Waals surface area contributed by atoms with E-state index in [0.717, 1.165) is 35.4 Å². The van der Waals surface area contributed by atoms with Gasteiger partial charge in [0, 0.05) is 30.0 Å². The van der Waals surface area contributed by atoms with Gasteiger partial charge in [-0.1, -0.05) is 79.8 Å². The minimum absolute atomic E-state index is 0.00288. The van der Waals surface area contributed by atoms with Crippen molar-refractivity contribution in [2.24, 2.45) is 5.92 Å². The van der Waals surface area contributed by atoms with Gasteiger partial charge in [-0.25, -0.2) is 0 Å². The molecule has 0 aliphatic carbocycles. The van der Waals surface area contributed by atoms with E-state index in [1.54, 1.807) is 36.3 Å². The molecular formula is C40H49N3O5Si. The maximum atomic E-state index is 13.9. The van der Waals surface area contributed by atoms with Crippen LogP contribution in [-0.2, 0) is 22.5 Å². The van der Waals surface area contributed by atoms with Crippen molar-refractivity contribution < 1.29 is 24.2 Å². The Morgan fingerprint density at radius 1 is 0.898 bits per heavy atom. The van der Waals surface area contributed by atoms with E-state index in [-0.39, 0.29) is 55.1 Å². The van der Waals surface area contributed by atoms with Crippen LogP contribution in [0, 0.1) is 5.92 Å². The Morgan fingerprint density at radius 2 is 1.57 bits per heavy atom. The number of amides is 2. The van der Waals surface area contributed by atoms with Gasteiger partial charge >= 0.3 is 0 Å². The monoisotopic (exact) mass is 679 g/mol. The Bertz CT molecular complexity index is 1660. The average molecular weight is 680 g/mol. The molecule has 8 nitrogen and oxygen atoms in total. The normalized spacial score (nSPS) is 19.0. The minimum atomic E-state index is -2.15. The molecule has 258 valence electrons. The number of carbonyl (C=O) groups excluding carboxylic acids is 2. The molecule has 1 aliphatic rings. The summed E-state index contributed by atoms with van der Waals surface area (Å²) in [5, 5.41) is 14.1. The van der Waals surface area contributed by atoms with Crippen LogP contribution in [0.4, 0.5) is 11.4 Å². The first kappa shape index (κ1) is 35.9. The van der Waals surface area contributed by atoms with Crippen LogP contribution in [0.15, 0.2) is 103 Å². The fraction of sp³-hybridized carbons (Fsp3) is 0.350. The number of ether oxygens (including phenoxy) is 2. The van der Waals surface area contributed by atoms with E-state index in [1.807, 2.05) is 66.7 Å². The van der Waals surface area contributed by atoms with Gasteiger partial charge in [0.15, 0.2) is 0 Å². The summed E-state index contributed by atoms with van der Waals surface area (Å²) in [6.45, 7) is 7.68. The van der Waals surface area contributed by atoms with Crippen molar-refractivity contribution in [2.45, 2.75) is 63.6 Å². The molecule has 9 heteroatoms.